The molecule has 46 heavy (non-hydrogen) atoms. The van der Waals surface area contributed by atoms with Crippen LogP contribution in [0.5, 0.6) is 17.5 Å². The van der Waals surface area contributed by atoms with E-state index in [0.29, 0.717) is 36.8 Å². The highest BCUT2D eigenvalue weighted by Gasteiger charge is 2.29. The minimum Gasteiger partial charge on any atom is -0.494 e. The third-order valence-corrected chi connectivity index (χ3v) is 6.87. The van der Waals surface area contributed by atoms with Crippen molar-refractivity contribution in [2.24, 2.45) is 5.41 Å². The van der Waals surface area contributed by atoms with Crippen LogP contribution in [0.4, 0.5) is 30.8 Å². The van der Waals surface area contributed by atoms with E-state index in [1.54, 1.807) is 18.2 Å². The lowest BCUT2D eigenvalue weighted by Gasteiger charge is -2.28. The van der Waals surface area contributed by atoms with Crippen molar-refractivity contribution in [1.82, 2.24) is 25.2 Å². The van der Waals surface area contributed by atoms with Gasteiger partial charge in [-0.2, -0.15) is 28.1 Å². The Balaban J connectivity index is 1.60. The van der Waals surface area contributed by atoms with Crippen LogP contribution >= 0.6 is 0 Å². The number of carbonyl (C=O) groups is 1. The zero-order valence-electron chi connectivity index (χ0n) is 26.7. The maximum absolute atomic E-state index is 13.3. The SMILES string of the molecule is CN(C)CC(C)(C)CNC(=O)c1ccc2cc1OCCCCCCOc1ccc(cc1)CNc1nc(nc(OCC(F)(F)F)n1)N2. The molecule has 2 aliphatic heterocycles. The molecule has 0 fully saturated rings. The van der Waals surface area contributed by atoms with Crippen LogP contribution < -0.4 is 30.2 Å². The second-order valence-electron chi connectivity index (χ2n) is 12.2. The molecule has 1 aromatic heterocycles. The van der Waals surface area contributed by atoms with E-state index in [-0.39, 0.29) is 29.8 Å². The molecule has 3 N–H and O–H groups in total. The molecule has 1 amide bonds. The molecule has 2 aliphatic rings. The van der Waals surface area contributed by atoms with E-state index in [9.17, 15) is 18.0 Å². The van der Waals surface area contributed by atoms with Gasteiger partial charge in [-0.1, -0.05) is 26.0 Å². The highest BCUT2D eigenvalue weighted by atomic mass is 19.4. The Kier molecular flexibility index (Phi) is 11.9. The Morgan fingerprint density at radius 2 is 1.65 bits per heavy atom. The number of alkyl halides is 3. The van der Waals surface area contributed by atoms with Crippen LogP contribution in [-0.4, -0.2) is 78.9 Å². The minimum absolute atomic E-state index is 0.00806. The minimum atomic E-state index is -4.58. The predicted octanol–water partition coefficient (Wildman–Crippen LogP) is 5.82. The molecule has 0 unspecified atom stereocenters. The first-order valence-electron chi connectivity index (χ1n) is 15.2. The number of hydrogen-bond donors (Lipinski definition) is 3. The third-order valence-electron chi connectivity index (χ3n) is 6.87. The van der Waals surface area contributed by atoms with Gasteiger partial charge in [-0.05, 0) is 75.0 Å². The van der Waals surface area contributed by atoms with Gasteiger partial charge in [0, 0.05) is 31.4 Å². The lowest BCUT2D eigenvalue weighted by atomic mass is 9.93. The van der Waals surface area contributed by atoms with Crippen LogP contribution in [0.15, 0.2) is 42.5 Å². The van der Waals surface area contributed by atoms with Crippen LogP contribution in [0, 0.1) is 5.41 Å². The van der Waals surface area contributed by atoms with E-state index >= 15 is 0 Å². The number of anilines is 3. The van der Waals surface area contributed by atoms with Crippen LogP contribution in [0.1, 0.15) is 55.5 Å². The number of halogens is 3. The Labute approximate surface area is 267 Å². The van der Waals surface area contributed by atoms with E-state index in [4.69, 9.17) is 14.2 Å². The van der Waals surface area contributed by atoms with Crippen molar-refractivity contribution < 1.29 is 32.2 Å². The zero-order chi connectivity index (χ0) is 33.2. The number of nitrogens with one attached hydrogen (secondary N) is 3. The number of nitrogens with zero attached hydrogens (tertiary/aromatic N) is 4. The van der Waals surface area contributed by atoms with Gasteiger partial charge < -0.3 is 35.1 Å². The van der Waals surface area contributed by atoms with Crippen molar-refractivity contribution in [1.29, 1.82) is 0 Å². The highest BCUT2D eigenvalue weighted by molar-refractivity contribution is 5.97. The van der Waals surface area contributed by atoms with E-state index in [1.165, 1.54) is 0 Å². The van der Waals surface area contributed by atoms with Crippen LogP contribution in [0.2, 0.25) is 0 Å². The van der Waals surface area contributed by atoms with E-state index in [2.05, 4.69) is 49.6 Å². The number of fused-ring (bicyclic) bond motifs is 10. The largest absolute Gasteiger partial charge is 0.494 e. The monoisotopic (exact) mass is 645 g/mol. The van der Waals surface area contributed by atoms with Crippen LogP contribution in [-0.2, 0) is 6.54 Å². The summed E-state index contributed by atoms with van der Waals surface area (Å²) < 4.78 is 55.5. The molecular formula is C32H42F3N7O4. The fraction of sp³-hybridized carbons (Fsp3) is 0.500. The standard InChI is InChI=1S/C32H42F3N7O4/c1-31(2,20-42(3)4)19-37-27(43)25-14-11-23-17-26(25)45-16-8-6-5-7-15-44-24-12-9-22(10-13-24)18-36-28-39-29(38-23)41-30(40-28)46-21-32(33,34)35/h9-14,17H,5-8,15-16,18-21H2,1-4H3,(H,37,43)(H2,36,38,39,40,41). The van der Waals surface area contributed by atoms with Crippen molar-refractivity contribution >= 4 is 23.5 Å². The first-order chi connectivity index (χ1) is 21.8. The summed E-state index contributed by atoms with van der Waals surface area (Å²) in [5, 5.41) is 9.03. The molecule has 0 atom stereocenters. The summed E-state index contributed by atoms with van der Waals surface area (Å²) in [6.45, 7) is 5.08. The highest BCUT2D eigenvalue weighted by Crippen LogP contribution is 2.27. The van der Waals surface area contributed by atoms with Gasteiger partial charge in [-0.3, -0.25) is 4.79 Å². The first kappa shape index (κ1) is 34.5. The van der Waals surface area contributed by atoms with E-state index < -0.39 is 18.8 Å². The molecule has 2 aromatic carbocycles. The van der Waals surface area contributed by atoms with Crippen molar-refractivity contribution in [3.8, 4) is 17.5 Å². The maximum Gasteiger partial charge on any atom is 0.422 e. The smallest absolute Gasteiger partial charge is 0.422 e. The van der Waals surface area contributed by atoms with Gasteiger partial charge in [-0.25, -0.2) is 0 Å². The summed E-state index contributed by atoms with van der Waals surface area (Å²) in [5.41, 5.74) is 1.53. The third kappa shape index (κ3) is 11.5. The average Bonchev–Trinajstić information content (AvgIpc) is 2.98. The molecule has 14 heteroatoms. The van der Waals surface area contributed by atoms with Gasteiger partial charge in [0.15, 0.2) is 6.61 Å². The molecule has 0 spiro atoms. The van der Waals surface area contributed by atoms with Crippen molar-refractivity contribution in [3.05, 3.63) is 53.6 Å². The number of rotatable bonds is 7. The lowest BCUT2D eigenvalue weighted by molar-refractivity contribution is -0.154. The molecule has 0 saturated carbocycles. The molecule has 0 saturated heterocycles. The summed E-state index contributed by atoms with van der Waals surface area (Å²) in [5.74, 6) is 0.760. The summed E-state index contributed by atoms with van der Waals surface area (Å²) in [7, 11) is 3.97. The summed E-state index contributed by atoms with van der Waals surface area (Å²) >= 11 is 0. The second kappa shape index (κ2) is 15.8. The van der Waals surface area contributed by atoms with Crippen LogP contribution in [0.25, 0.3) is 0 Å². The Morgan fingerprint density at radius 1 is 0.957 bits per heavy atom. The van der Waals surface area contributed by atoms with Gasteiger partial charge in [-0.15, -0.1) is 0 Å². The van der Waals surface area contributed by atoms with Crippen molar-refractivity contribution in [2.45, 2.75) is 52.3 Å². The number of benzene rings is 2. The Hall–Kier alpha value is -4.33. The van der Waals surface area contributed by atoms with E-state index in [0.717, 1.165) is 43.5 Å². The molecular weight excluding hydrogens is 603 g/mol. The normalized spacial score (nSPS) is 14.6. The maximum atomic E-state index is 13.3. The van der Waals surface area contributed by atoms with Gasteiger partial charge in [0.1, 0.15) is 11.5 Å². The number of hydrogen-bond acceptors (Lipinski definition) is 10. The molecule has 250 valence electrons. The van der Waals surface area contributed by atoms with Gasteiger partial charge >= 0.3 is 12.2 Å². The Bertz CT molecular complexity index is 1440. The van der Waals surface area contributed by atoms with Crippen LogP contribution in [0.3, 0.4) is 0 Å². The summed E-state index contributed by atoms with van der Waals surface area (Å²) in [6, 6.07) is 11.9. The average molecular weight is 646 g/mol. The number of carbonyl (C=O) groups excluding carboxylic acids is 1. The summed E-state index contributed by atoms with van der Waals surface area (Å²) in [6.07, 6.45) is -1.05. The predicted molar refractivity (Wildman–Crippen MR) is 169 cm³/mol. The molecule has 3 heterocycles. The molecule has 3 aromatic rings. The fourth-order valence-corrected chi connectivity index (χ4v) is 4.88. The van der Waals surface area contributed by atoms with Gasteiger partial charge in [0.2, 0.25) is 11.9 Å². The first-order valence-corrected chi connectivity index (χ1v) is 15.2. The topological polar surface area (TPSA) is 123 Å². The lowest BCUT2D eigenvalue weighted by Crippen LogP contribution is -2.40. The van der Waals surface area contributed by atoms with Gasteiger partial charge in [0.25, 0.3) is 5.91 Å². The fourth-order valence-electron chi connectivity index (χ4n) is 4.88. The summed E-state index contributed by atoms with van der Waals surface area (Å²) in [4.78, 5) is 27.8. The Morgan fingerprint density at radius 3 is 2.35 bits per heavy atom. The number of ether oxygens (including phenoxy) is 3. The van der Waals surface area contributed by atoms with Gasteiger partial charge in [0.05, 0.1) is 18.8 Å². The van der Waals surface area contributed by atoms with Crippen molar-refractivity contribution in [2.75, 3.05) is 57.6 Å². The zero-order valence-corrected chi connectivity index (χ0v) is 26.7. The molecule has 6 bridgehead atoms. The number of amides is 1. The molecule has 11 nitrogen and oxygen atoms in total. The van der Waals surface area contributed by atoms with Crippen molar-refractivity contribution in [3.63, 3.8) is 0 Å². The quantitative estimate of drug-likeness (QED) is 0.290. The molecule has 0 radical (unpaired) electrons. The number of aromatic nitrogens is 3. The second-order valence-corrected chi connectivity index (χ2v) is 12.2. The molecule has 5 rings (SSSR count). The van der Waals surface area contributed by atoms with E-state index in [1.807, 2.05) is 38.4 Å². The molecule has 0 aliphatic carbocycles.